The van der Waals surface area contributed by atoms with Crippen molar-refractivity contribution in [3.05, 3.63) is 35.5 Å². The molecule has 1 aromatic carbocycles. The minimum atomic E-state index is -3.06. The second kappa shape index (κ2) is 6.86. The molecule has 130 valence electrons. The Morgan fingerprint density at radius 2 is 2.04 bits per heavy atom. The van der Waals surface area contributed by atoms with E-state index in [-0.39, 0.29) is 11.2 Å². The van der Waals surface area contributed by atoms with Gasteiger partial charge >= 0.3 is 0 Å². The minimum Gasteiger partial charge on any atom is -0.384 e. The van der Waals surface area contributed by atoms with Crippen LogP contribution in [0.4, 0.5) is 5.69 Å². The van der Waals surface area contributed by atoms with Crippen LogP contribution in [0.3, 0.4) is 0 Å². The first kappa shape index (κ1) is 17.5. The maximum Gasteiger partial charge on any atom is 0.148 e. The fourth-order valence-corrected chi connectivity index (χ4v) is 4.96. The molecule has 0 radical (unpaired) electrons. The summed E-state index contributed by atoms with van der Waals surface area (Å²) in [5, 5.41) is 5.06. The van der Waals surface area contributed by atoms with Crippen LogP contribution in [0.15, 0.2) is 30.5 Å². The number of benzene rings is 1. The lowest BCUT2D eigenvalue weighted by Crippen LogP contribution is -2.41. The molecule has 1 saturated heterocycles. The van der Waals surface area contributed by atoms with Crippen molar-refractivity contribution >= 4 is 38.0 Å². The van der Waals surface area contributed by atoms with Gasteiger partial charge in [-0.2, -0.15) is 0 Å². The van der Waals surface area contributed by atoms with E-state index in [1.54, 1.807) is 6.20 Å². The second-order valence-electron chi connectivity index (χ2n) is 6.56. The number of hydrogen-bond donors (Lipinski definition) is 1. The quantitative estimate of drug-likeness (QED) is 0.878. The van der Waals surface area contributed by atoms with Gasteiger partial charge in [-0.3, -0.25) is 4.98 Å². The number of halogens is 1. The van der Waals surface area contributed by atoms with E-state index in [0.717, 1.165) is 29.4 Å². The second-order valence-corrected chi connectivity index (χ2v) is 9.13. The Balaban J connectivity index is 1.84. The molecular formula is C17H21ClN2O3S. The Hall–Kier alpha value is -1.37. The molecule has 0 aliphatic carbocycles. The highest BCUT2D eigenvalue weighted by Gasteiger charge is 2.35. The van der Waals surface area contributed by atoms with Gasteiger partial charge in [0.05, 0.1) is 11.3 Å². The van der Waals surface area contributed by atoms with Gasteiger partial charge in [-0.1, -0.05) is 11.6 Å². The van der Waals surface area contributed by atoms with Crippen LogP contribution in [0.1, 0.15) is 12.8 Å². The van der Waals surface area contributed by atoms with E-state index in [1.807, 2.05) is 24.3 Å². The zero-order valence-electron chi connectivity index (χ0n) is 13.6. The van der Waals surface area contributed by atoms with Crippen LogP contribution in [0.25, 0.3) is 10.9 Å². The summed E-state index contributed by atoms with van der Waals surface area (Å²) in [6.45, 7) is 1.79. The van der Waals surface area contributed by atoms with Crippen molar-refractivity contribution < 1.29 is 13.2 Å². The van der Waals surface area contributed by atoms with E-state index in [2.05, 4.69) is 10.3 Å². The SMILES string of the molecule is CS(=O)(=O)CC1(CNc2ccnc3cc(Cl)ccc23)CCOCC1. The number of nitrogens with zero attached hydrogens (tertiary/aromatic N) is 1. The summed E-state index contributed by atoms with van der Waals surface area (Å²) in [4.78, 5) is 4.33. The highest BCUT2D eigenvalue weighted by Crippen LogP contribution is 2.33. The highest BCUT2D eigenvalue weighted by molar-refractivity contribution is 7.90. The largest absolute Gasteiger partial charge is 0.384 e. The van der Waals surface area contributed by atoms with Crippen molar-refractivity contribution in [2.75, 3.05) is 37.1 Å². The summed E-state index contributed by atoms with van der Waals surface area (Å²) < 4.78 is 29.2. The number of aromatic nitrogens is 1. The zero-order valence-corrected chi connectivity index (χ0v) is 15.2. The minimum absolute atomic E-state index is 0.172. The molecule has 0 saturated carbocycles. The molecule has 1 fully saturated rings. The molecule has 2 heterocycles. The first-order valence-corrected chi connectivity index (χ1v) is 10.3. The molecule has 0 spiro atoms. The Kier molecular flexibility index (Phi) is 4.99. The van der Waals surface area contributed by atoms with Gasteiger partial charge in [-0.15, -0.1) is 0 Å². The van der Waals surface area contributed by atoms with Crippen molar-refractivity contribution in [2.24, 2.45) is 5.41 Å². The Morgan fingerprint density at radius 3 is 2.75 bits per heavy atom. The molecule has 0 atom stereocenters. The summed E-state index contributed by atoms with van der Waals surface area (Å²) >= 11 is 6.02. The van der Waals surface area contributed by atoms with Crippen LogP contribution in [0.2, 0.25) is 5.02 Å². The third kappa shape index (κ3) is 4.18. The van der Waals surface area contributed by atoms with Gasteiger partial charge in [0.25, 0.3) is 0 Å². The van der Waals surface area contributed by atoms with Crippen LogP contribution in [-0.4, -0.2) is 45.2 Å². The number of pyridine rings is 1. The van der Waals surface area contributed by atoms with Crippen molar-refractivity contribution in [3.8, 4) is 0 Å². The monoisotopic (exact) mass is 368 g/mol. The molecule has 3 rings (SSSR count). The summed E-state index contributed by atoms with van der Waals surface area (Å²) in [5.41, 5.74) is 1.46. The maximum absolute atomic E-state index is 11.9. The van der Waals surface area contributed by atoms with E-state index in [4.69, 9.17) is 16.3 Å². The fourth-order valence-electron chi connectivity index (χ4n) is 3.29. The van der Waals surface area contributed by atoms with Crippen molar-refractivity contribution in [3.63, 3.8) is 0 Å². The topological polar surface area (TPSA) is 68.3 Å². The van der Waals surface area contributed by atoms with Gasteiger partial charge in [0.2, 0.25) is 0 Å². The molecule has 24 heavy (non-hydrogen) atoms. The van der Waals surface area contributed by atoms with Gasteiger partial charge < -0.3 is 10.1 Å². The lowest BCUT2D eigenvalue weighted by Gasteiger charge is -2.37. The number of rotatable bonds is 5. The maximum atomic E-state index is 11.9. The number of ether oxygens (including phenoxy) is 1. The van der Waals surface area contributed by atoms with Crippen LogP contribution in [-0.2, 0) is 14.6 Å². The number of nitrogens with one attached hydrogen (secondary N) is 1. The molecule has 0 amide bonds. The van der Waals surface area contributed by atoms with E-state index < -0.39 is 9.84 Å². The molecular weight excluding hydrogens is 348 g/mol. The summed E-state index contributed by atoms with van der Waals surface area (Å²) in [5.74, 6) is 0.172. The first-order chi connectivity index (χ1) is 11.4. The van der Waals surface area contributed by atoms with Gasteiger partial charge in [0.1, 0.15) is 9.84 Å². The number of anilines is 1. The standard InChI is InChI=1S/C17H21ClN2O3S/c1-24(21,22)12-17(5-8-23-9-6-17)11-20-15-4-7-19-16-10-13(18)2-3-14(15)16/h2-4,7,10H,5-6,8-9,11-12H2,1H3,(H,19,20). The van der Waals surface area contributed by atoms with E-state index in [0.29, 0.717) is 24.8 Å². The predicted octanol–water partition coefficient (Wildman–Crippen LogP) is 3.14. The zero-order chi connectivity index (χ0) is 17.2. The van der Waals surface area contributed by atoms with Crippen LogP contribution < -0.4 is 5.32 Å². The molecule has 1 aromatic heterocycles. The molecule has 1 N–H and O–H groups in total. The van der Waals surface area contributed by atoms with Crippen LogP contribution in [0, 0.1) is 5.41 Å². The summed E-state index contributed by atoms with van der Waals surface area (Å²) in [6, 6.07) is 7.49. The van der Waals surface area contributed by atoms with Crippen molar-refractivity contribution in [2.45, 2.75) is 12.8 Å². The smallest absolute Gasteiger partial charge is 0.148 e. The lowest BCUT2D eigenvalue weighted by atomic mass is 9.82. The third-order valence-electron chi connectivity index (χ3n) is 4.48. The number of sulfone groups is 1. The normalized spacial score (nSPS) is 17.8. The summed E-state index contributed by atoms with van der Waals surface area (Å²) in [6.07, 6.45) is 4.51. The number of fused-ring (bicyclic) bond motifs is 1. The van der Waals surface area contributed by atoms with Gasteiger partial charge in [-0.25, -0.2) is 8.42 Å². The molecule has 1 aliphatic rings. The lowest BCUT2D eigenvalue weighted by molar-refractivity contribution is 0.0315. The van der Waals surface area contributed by atoms with Crippen molar-refractivity contribution in [1.82, 2.24) is 4.98 Å². The first-order valence-electron chi connectivity index (χ1n) is 7.91. The molecule has 7 heteroatoms. The third-order valence-corrected chi connectivity index (χ3v) is 5.85. The Bertz CT molecular complexity index is 833. The average molecular weight is 369 g/mol. The molecule has 2 aromatic rings. The Morgan fingerprint density at radius 1 is 1.29 bits per heavy atom. The number of hydrogen-bond acceptors (Lipinski definition) is 5. The Labute approximate surface area is 147 Å². The fraction of sp³-hybridized carbons (Fsp3) is 0.471. The van der Waals surface area contributed by atoms with Crippen molar-refractivity contribution in [1.29, 1.82) is 0 Å². The molecule has 1 aliphatic heterocycles. The van der Waals surface area contributed by atoms with E-state index in [1.165, 1.54) is 6.26 Å². The van der Waals surface area contributed by atoms with Crippen LogP contribution >= 0.6 is 11.6 Å². The predicted molar refractivity (Wildman–Crippen MR) is 97.4 cm³/mol. The summed E-state index contributed by atoms with van der Waals surface area (Å²) in [7, 11) is -3.06. The van der Waals surface area contributed by atoms with Crippen LogP contribution in [0.5, 0.6) is 0 Å². The van der Waals surface area contributed by atoms with Gasteiger partial charge in [0, 0.05) is 53.7 Å². The molecule has 0 bridgehead atoms. The van der Waals surface area contributed by atoms with E-state index >= 15 is 0 Å². The van der Waals surface area contributed by atoms with E-state index in [9.17, 15) is 8.42 Å². The molecule has 0 unspecified atom stereocenters. The highest BCUT2D eigenvalue weighted by atomic mass is 35.5. The average Bonchev–Trinajstić information content (AvgIpc) is 2.52. The molecule has 5 nitrogen and oxygen atoms in total. The van der Waals surface area contributed by atoms with Gasteiger partial charge in [0.15, 0.2) is 0 Å². The van der Waals surface area contributed by atoms with Gasteiger partial charge in [-0.05, 0) is 37.1 Å².